The zero-order valence-electron chi connectivity index (χ0n) is 13.0. The van der Waals surface area contributed by atoms with Gasteiger partial charge >= 0.3 is 24.0 Å². The highest BCUT2D eigenvalue weighted by Gasteiger charge is 2.40. The summed E-state index contributed by atoms with van der Waals surface area (Å²) in [7, 11) is -9.23. The lowest BCUT2D eigenvalue weighted by atomic mass is 10.1. The molecule has 0 aromatic heterocycles. The first-order valence-corrected chi connectivity index (χ1v) is 9.85. The minimum atomic E-state index is -4.86. The smallest absolute Gasteiger partial charge is 0.408 e. The molecule has 1 aliphatic rings. The van der Waals surface area contributed by atoms with E-state index in [0.29, 0.717) is 11.1 Å². The minimum Gasteiger partial charge on any atom is -0.444 e. The van der Waals surface area contributed by atoms with Gasteiger partial charge in [-0.15, -0.1) is 4.49 Å². The fourth-order valence-corrected chi connectivity index (χ4v) is 4.54. The molecule has 1 saturated heterocycles. The Morgan fingerprint density at radius 1 is 1.48 bits per heavy atom. The molecule has 2 amide bonds. The molecule has 0 bridgehead atoms. The predicted molar refractivity (Wildman–Crippen MR) is 80.6 cm³/mol. The van der Waals surface area contributed by atoms with Crippen molar-refractivity contribution in [1.29, 1.82) is 0 Å². The summed E-state index contributed by atoms with van der Waals surface area (Å²) in [5.41, 5.74) is 4.56. The van der Waals surface area contributed by atoms with Crippen LogP contribution in [0, 0.1) is 0 Å². The molecular weight excluding hydrogens is 351 g/mol. The Kier molecular flexibility index (Phi) is 5.81. The second-order valence-corrected chi connectivity index (χ2v) is 9.40. The van der Waals surface area contributed by atoms with Gasteiger partial charge in [0.15, 0.2) is 0 Å². The van der Waals surface area contributed by atoms with Gasteiger partial charge in [-0.05, 0) is 33.6 Å². The van der Waals surface area contributed by atoms with Crippen LogP contribution in [0.4, 0.5) is 4.79 Å². The Labute approximate surface area is 134 Å². The van der Waals surface area contributed by atoms with Crippen LogP contribution in [0.3, 0.4) is 0 Å². The lowest BCUT2D eigenvalue weighted by molar-refractivity contribution is -0.130. The first-order chi connectivity index (χ1) is 10.2. The summed E-state index contributed by atoms with van der Waals surface area (Å²) < 4.78 is 49.3. The second kappa shape index (κ2) is 6.73. The molecule has 0 saturated carbocycles. The minimum absolute atomic E-state index is 0.0817. The average Bonchev–Trinajstić information content (AvgIpc) is 2.25. The topological polar surface area (TPSA) is 168 Å². The molecule has 13 heteroatoms. The molecule has 0 aliphatic carbocycles. The number of nitrogens with one attached hydrogen (secondary N) is 2. The largest absolute Gasteiger partial charge is 0.444 e. The summed E-state index contributed by atoms with van der Waals surface area (Å²) in [5.74, 6) is -0.830. The Morgan fingerprint density at radius 3 is 2.52 bits per heavy atom. The summed E-state index contributed by atoms with van der Waals surface area (Å²) in [6, 6.07) is -1.06. The van der Waals surface area contributed by atoms with Gasteiger partial charge in [0.05, 0.1) is 0 Å². The van der Waals surface area contributed by atoms with Crippen molar-refractivity contribution >= 4 is 29.9 Å². The van der Waals surface area contributed by atoms with Gasteiger partial charge in [-0.2, -0.15) is 8.42 Å². The third kappa shape index (κ3) is 6.43. The van der Waals surface area contributed by atoms with Crippen LogP contribution in [-0.4, -0.2) is 47.8 Å². The summed E-state index contributed by atoms with van der Waals surface area (Å²) in [4.78, 5) is 23.9. The molecule has 134 valence electrons. The Balaban J connectivity index is 2.83. The maximum Gasteiger partial charge on any atom is 0.408 e. The normalized spacial score (nSPS) is 22.4. The van der Waals surface area contributed by atoms with Crippen LogP contribution in [0.25, 0.3) is 0 Å². The standard InChI is InChI=1S/C10H21N4O7PS/c1-10(2,3)21-9(16)12-7-5-4-6-14(8(7)15)22(11,17)13-23(18,19)20/h7H,4-6H2,1-3H3,(H,12,16)(H3,11,13,17)(H,18,19,20)/t7-,22-/m0/s1. The molecule has 1 fully saturated rings. The number of hydrogen-bond donors (Lipinski definition) is 4. The van der Waals surface area contributed by atoms with Gasteiger partial charge in [0.2, 0.25) is 0 Å². The number of hydrogen-bond acceptors (Lipinski definition) is 6. The maximum absolute atomic E-state index is 12.2. The maximum atomic E-state index is 12.2. The van der Waals surface area contributed by atoms with Crippen molar-refractivity contribution in [1.82, 2.24) is 14.5 Å². The zero-order valence-corrected chi connectivity index (χ0v) is 14.7. The van der Waals surface area contributed by atoms with E-state index in [9.17, 15) is 22.6 Å². The number of alkyl carbamates (subject to hydrolysis) is 1. The van der Waals surface area contributed by atoms with Crippen LogP contribution in [0.2, 0.25) is 0 Å². The van der Waals surface area contributed by atoms with E-state index in [2.05, 4.69) is 5.32 Å². The van der Waals surface area contributed by atoms with Crippen LogP contribution >= 0.6 is 7.59 Å². The van der Waals surface area contributed by atoms with Gasteiger partial charge in [-0.3, -0.25) is 24.1 Å². The first kappa shape index (κ1) is 19.8. The van der Waals surface area contributed by atoms with Gasteiger partial charge in [0, 0.05) is 6.54 Å². The first-order valence-electron chi connectivity index (χ1n) is 6.68. The molecule has 11 nitrogen and oxygen atoms in total. The Bertz CT molecular complexity index is 630. The fraction of sp³-hybridized carbons (Fsp3) is 0.800. The van der Waals surface area contributed by atoms with E-state index in [1.807, 2.05) is 0 Å². The zero-order chi connectivity index (χ0) is 18.1. The monoisotopic (exact) mass is 372 g/mol. The molecule has 0 aromatic rings. The van der Waals surface area contributed by atoms with E-state index >= 15 is 0 Å². The van der Waals surface area contributed by atoms with Crippen LogP contribution < -0.4 is 15.3 Å². The molecule has 0 radical (unpaired) electrons. The number of amides is 2. The molecule has 0 unspecified atom stereocenters. The lowest BCUT2D eigenvalue weighted by Crippen LogP contribution is -2.54. The van der Waals surface area contributed by atoms with Gasteiger partial charge in [0.1, 0.15) is 11.6 Å². The van der Waals surface area contributed by atoms with Crippen molar-refractivity contribution < 1.29 is 31.9 Å². The van der Waals surface area contributed by atoms with Crippen molar-refractivity contribution in [3.63, 3.8) is 0 Å². The van der Waals surface area contributed by atoms with Crippen molar-refractivity contribution in [3.05, 3.63) is 0 Å². The fourth-order valence-electron chi connectivity index (χ4n) is 1.95. The summed E-state index contributed by atoms with van der Waals surface area (Å²) >= 11 is 0. The summed E-state index contributed by atoms with van der Waals surface area (Å²) in [5, 5.41) is 2.32. The molecule has 1 rings (SSSR count). The number of nitrogens with zero attached hydrogens (tertiary/aromatic N) is 1. The van der Waals surface area contributed by atoms with Crippen LogP contribution in [-0.2, 0) is 24.4 Å². The van der Waals surface area contributed by atoms with E-state index in [-0.39, 0.29) is 13.0 Å². The van der Waals surface area contributed by atoms with Crippen LogP contribution in [0.5, 0.6) is 0 Å². The third-order valence-corrected chi connectivity index (χ3v) is 5.79. The molecule has 2 atom stereocenters. The van der Waals surface area contributed by atoms with E-state index in [4.69, 9.17) is 14.8 Å². The van der Waals surface area contributed by atoms with Crippen molar-refractivity contribution in [2.75, 3.05) is 6.54 Å². The SMILES string of the molecule is CC(C)(C)OC(=O)N[C@H]1CCCN([P@@](N)(=O)NS(=O)(=O)O)C1=O. The highest BCUT2D eigenvalue weighted by Crippen LogP contribution is 2.40. The van der Waals surface area contributed by atoms with Gasteiger partial charge in [0.25, 0.3) is 5.91 Å². The number of nitrogens with two attached hydrogens (primary N) is 1. The number of carbonyl (C=O) groups is 2. The van der Waals surface area contributed by atoms with Gasteiger partial charge < -0.3 is 10.1 Å². The summed E-state index contributed by atoms with van der Waals surface area (Å²) in [6.45, 7) is 4.85. The average molecular weight is 372 g/mol. The summed E-state index contributed by atoms with van der Waals surface area (Å²) in [6.07, 6.45) is -0.270. The number of ether oxygens (including phenoxy) is 1. The Morgan fingerprint density at radius 2 is 2.04 bits per heavy atom. The van der Waals surface area contributed by atoms with Crippen molar-refractivity contribution in [3.8, 4) is 0 Å². The van der Waals surface area contributed by atoms with E-state index in [0.717, 1.165) is 0 Å². The highest BCUT2D eigenvalue weighted by atomic mass is 32.2. The molecule has 23 heavy (non-hydrogen) atoms. The number of carbonyl (C=O) groups excluding carboxylic acids is 2. The highest BCUT2D eigenvalue weighted by molar-refractivity contribution is 7.90. The Hall–Kier alpha value is -1.20. The lowest BCUT2D eigenvalue weighted by Gasteiger charge is -2.35. The number of piperidine rings is 1. The van der Waals surface area contributed by atoms with Crippen molar-refractivity contribution in [2.45, 2.75) is 45.3 Å². The third-order valence-electron chi connectivity index (χ3n) is 2.71. The van der Waals surface area contributed by atoms with E-state index < -0.39 is 41.5 Å². The second-order valence-electron chi connectivity index (χ2n) is 5.99. The van der Waals surface area contributed by atoms with E-state index in [1.54, 1.807) is 20.8 Å². The molecule has 0 aromatic carbocycles. The van der Waals surface area contributed by atoms with E-state index in [1.165, 1.54) is 4.49 Å². The molecule has 1 heterocycles. The predicted octanol–water partition coefficient (Wildman–Crippen LogP) is -0.0387. The molecule has 0 spiro atoms. The number of rotatable bonds is 4. The molecule has 1 aliphatic heterocycles. The van der Waals surface area contributed by atoms with Crippen molar-refractivity contribution in [2.24, 2.45) is 5.50 Å². The molecular formula is C10H21N4O7PS. The quantitative estimate of drug-likeness (QED) is 0.394. The van der Waals surface area contributed by atoms with Crippen LogP contribution in [0.15, 0.2) is 0 Å². The molecule has 5 N–H and O–H groups in total. The van der Waals surface area contributed by atoms with Gasteiger partial charge in [-0.25, -0.2) is 4.79 Å². The van der Waals surface area contributed by atoms with Gasteiger partial charge in [-0.1, -0.05) is 0 Å². The van der Waals surface area contributed by atoms with Crippen LogP contribution in [0.1, 0.15) is 33.6 Å².